The van der Waals surface area contributed by atoms with Gasteiger partial charge >= 0.3 is 0 Å². The molecule has 1 fully saturated rings. The van der Waals surface area contributed by atoms with Crippen LogP contribution in [-0.4, -0.2) is 38.3 Å². The Balaban J connectivity index is 2.16. The first-order valence-electron chi connectivity index (χ1n) is 6.30. The molecule has 0 atom stereocenters. The van der Waals surface area contributed by atoms with Gasteiger partial charge in [-0.15, -0.1) is 0 Å². The maximum Gasteiger partial charge on any atom is 0.244 e. The minimum absolute atomic E-state index is 0.0384. The Morgan fingerprint density at radius 3 is 2.71 bits per heavy atom. The van der Waals surface area contributed by atoms with Crippen LogP contribution in [0, 0.1) is 11.3 Å². The van der Waals surface area contributed by atoms with Crippen molar-refractivity contribution in [3.05, 3.63) is 28.8 Å². The van der Waals surface area contributed by atoms with E-state index in [1.807, 2.05) is 6.07 Å². The number of halogens is 1. The number of amides is 1. The smallest absolute Gasteiger partial charge is 0.244 e. The molecule has 1 aromatic rings. The van der Waals surface area contributed by atoms with Crippen molar-refractivity contribution in [2.45, 2.75) is 23.8 Å². The zero-order chi connectivity index (χ0) is 15.6. The lowest BCUT2D eigenvalue weighted by Gasteiger charge is -2.17. The van der Waals surface area contributed by atoms with Crippen LogP contribution in [0.15, 0.2) is 23.1 Å². The summed E-state index contributed by atoms with van der Waals surface area (Å²) in [7, 11) is -2.56. The third-order valence-electron chi connectivity index (χ3n) is 3.06. The first-order chi connectivity index (χ1) is 9.84. The largest absolute Gasteiger partial charge is 0.352 e. The molecule has 0 bridgehead atoms. The van der Waals surface area contributed by atoms with Crippen LogP contribution in [0.5, 0.6) is 0 Å². The van der Waals surface area contributed by atoms with Gasteiger partial charge in [0.1, 0.15) is 4.90 Å². The summed E-state index contributed by atoms with van der Waals surface area (Å²) in [6.07, 6.45) is 1.87. The normalized spacial score (nSPS) is 14.8. The highest BCUT2D eigenvalue weighted by molar-refractivity contribution is 7.89. The second-order valence-electron chi connectivity index (χ2n) is 4.86. The molecule has 2 rings (SSSR count). The average molecular weight is 328 g/mol. The summed E-state index contributed by atoms with van der Waals surface area (Å²) in [6, 6.07) is 5.98. The third-order valence-corrected chi connectivity index (χ3v) is 5.34. The molecule has 0 spiro atoms. The third kappa shape index (κ3) is 3.73. The predicted octanol–water partition coefficient (Wildman–Crippen LogP) is 1.11. The highest BCUT2D eigenvalue weighted by atomic mass is 35.5. The fourth-order valence-corrected chi connectivity index (χ4v) is 3.38. The summed E-state index contributed by atoms with van der Waals surface area (Å²) in [4.78, 5) is 11.6. The van der Waals surface area contributed by atoms with Gasteiger partial charge < -0.3 is 5.32 Å². The number of likely N-dealkylation sites (N-methyl/N-ethyl adjacent to an activating group) is 1. The van der Waals surface area contributed by atoms with E-state index < -0.39 is 10.0 Å². The Morgan fingerprint density at radius 2 is 2.19 bits per heavy atom. The SMILES string of the molecule is CN(CC(=O)NC1CC1)S(=O)(=O)c1ccc(C#N)cc1Cl. The van der Waals surface area contributed by atoms with Crippen molar-refractivity contribution in [2.24, 2.45) is 0 Å². The first kappa shape index (κ1) is 15.8. The van der Waals surface area contributed by atoms with Gasteiger partial charge in [-0.3, -0.25) is 4.79 Å². The molecule has 112 valence electrons. The number of hydrogen-bond donors (Lipinski definition) is 1. The van der Waals surface area contributed by atoms with Gasteiger partial charge in [-0.25, -0.2) is 8.42 Å². The summed E-state index contributed by atoms with van der Waals surface area (Å²) in [5.41, 5.74) is 0.271. The molecular weight excluding hydrogens is 314 g/mol. The molecule has 1 aliphatic rings. The lowest BCUT2D eigenvalue weighted by Crippen LogP contribution is -2.39. The van der Waals surface area contributed by atoms with Crippen molar-refractivity contribution in [3.8, 4) is 6.07 Å². The molecule has 0 aromatic heterocycles. The maximum atomic E-state index is 12.4. The lowest BCUT2D eigenvalue weighted by atomic mass is 10.2. The van der Waals surface area contributed by atoms with Gasteiger partial charge in [0.2, 0.25) is 15.9 Å². The summed E-state index contributed by atoms with van der Waals surface area (Å²) >= 11 is 5.91. The molecule has 1 saturated carbocycles. The van der Waals surface area contributed by atoms with Crippen LogP contribution in [0.4, 0.5) is 0 Å². The van der Waals surface area contributed by atoms with Gasteiger partial charge in [0.25, 0.3) is 0 Å². The zero-order valence-corrected chi connectivity index (χ0v) is 12.9. The van der Waals surface area contributed by atoms with Crippen molar-refractivity contribution >= 4 is 27.5 Å². The van der Waals surface area contributed by atoms with Crippen LogP contribution in [0.1, 0.15) is 18.4 Å². The topological polar surface area (TPSA) is 90.3 Å². The molecule has 1 N–H and O–H groups in total. The molecular formula is C13H14ClN3O3S. The Hall–Kier alpha value is -1.62. The highest BCUT2D eigenvalue weighted by Crippen LogP contribution is 2.25. The summed E-state index contributed by atoms with van der Waals surface area (Å²) in [5, 5.41) is 11.4. The van der Waals surface area contributed by atoms with E-state index in [1.165, 1.54) is 25.2 Å². The number of carbonyl (C=O) groups excluding carboxylic acids is 1. The van der Waals surface area contributed by atoms with Gasteiger partial charge in [0, 0.05) is 13.1 Å². The monoisotopic (exact) mass is 327 g/mol. The standard InChI is InChI=1S/C13H14ClN3O3S/c1-17(8-13(18)16-10-3-4-10)21(19,20)12-5-2-9(7-15)6-11(12)14/h2,5-6,10H,3-4,8H2,1H3,(H,16,18). The molecule has 0 radical (unpaired) electrons. The molecule has 0 aliphatic heterocycles. The molecule has 8 heteroatoms. The quantitative estimate of drug-likeness (QED) is 0.877. The number of benzene rings is 1. The summed E-state index contributed by atoms with van der Waals surface area (Å²) in [5.74, 6) is -0.339. The Morgan fingerprint density at radius 1 is 1.52 bits per heavy atom. The van der Waals surface area contributed by atoms with Crippen molar-refractivity contribution in [3.63, 3.8) is 0 Å². The van der Waals surface area contributed by atoms with Crippen LogP contribution in [-0.2, 0) is 14.8 Å². The molecule has 6 nitrogen and oxygen atoms in total. The van der Waals surface area contributed by atoms with E-state index in [9.17, 15) is 13.2 Å². The van der Waals surface area contributed by atoms with E-state index in [0.29, 0.717) is 0 Å². The predicted molar refractivity (Wildman–Crippen MR) is 77.1 cm³/mol. The van der Waals surface area contributed by atoms with Crippen LogP contribution >= 0.6 is 11.6 Å². The number of nitrogens with one attached hydrogen (secondary N) is 1. The minimum atomic E-state index is -3.87. The second-order valence-corrected chi connectivity index (χ2v) is 7.28. The van der Waals surface area contributed by atoms with Gasteiger partial charge in [0.15, 0.2) is 0 Å². The molecule has 1 aromatic carbocycles. The Kier molecular flexibility index (Phi) is 4.52. The fraction of sp³-hybridized carbons (Fsp3) is 0.385. The van der Waals surface area contributed by atoms with E-state index >= 15 is 0 Å². The highest BCUT2D eigenvalue weighted by Gasteiger charge is 2.28. The minimum Gasteiger partial charge on any atom is -0.352 e. The number of nitrogens with zero attached hydrogens (tertiary/aromatic N) is 2. The van der Waals surface area contributed by atoms with E-state index in [4.69, 9.17) is 16.9 Å². The van der Waals surface area contributed by atoms with Crippen LogP contribution in [0.3, 0.4) is 0 Å². The molecule has 1 aliphatic carbocycles. The van der Waals surface area contributed by atoms with Gasteiger partial charge in [-0.2, -0.15) is 9.57 Å². The van der Waals surface area contributed by atoms with Gasteiger partial charge in [0.05, 0.1) is 23.2 Å². The number of nitriles is 1. The van der Waals surface area contributed by atoms with Crippen molar-refractivity contribution in [1.29, 1.82) is 5.26 Å². The number of rotatable bonds is 5. The Labute approximate surface area is 128 Å². The number of carbonyl (C=O) groups is 1. The lowest BCUT2D eigenvalue weighted by molar-refractivity contribution is -0.121. The fourth-order valence-electron chi connectivity index (χ4n) is 1.74. The van der Waals surface area contributed by atoms with Crippen LogP contribution < -0.4 is 5.32 Å². The van der Waals surface area contributed by atoms with Crippen molar-refractivity contribution in [2.75, 3.05) is 13.6 Å². The van der Waals surface area contributed by atoms with Crippen LogP contribution in [0.25, 0.3) is 0 Å². The molecule has 1 amide bonds. The molecule has 21 heavy (non-hydrogen) atoms. The van der Waals surface area contributed by atoms with Crippen molar-refractivity contribution in [1.82, 2.24) is 9.62 Å². The van der Waals surface area contributed by atoms with E-state index in [1.54, 1.807) is 0 Å². The van der Waals surface area contributed by atoms with Crippen molar-refractivity contribution < 1.29 is 13.2 Å². The average Bonchev–Trinajstić information content (AvgIpc) is 3.21. The molecule has 0 saturated heterocycles. The first-order valence-corrected chi connectivity index (χ1v) is 8.11. The molecule has 0 heterocycles. The van der Waals surface area contributed by atoms with E-state index in [0.717, 1.165) is 17.1 Å². The Bertz CT molecular complexity index is 708. The van der Waals surface area contributed by atoms with Crippen LogP contribution in [0.2, 0.25) is 5.02 Å². The van der Waals surface area contributed by atoms with Gasteiger partial charge in [-0.05, 0) is 31.0 Å². The van der Waals surface area contributed by atoms with E-state index in [-0.39, 0.29) is 34.0 Å². The summed E-state index contributed by atoms with van der Waals surface area (Å²) < 4.78 is 25.7. The summed E-state index contributed by atoms with van der Waals surface area (Å²) in [6.45, 7) is -0.269. The molecule has 0 unspecified atom stereocenters. The van der Waals surface area contributed by atoms with Gasteiger partial charge in [-0.1, -0.05) is 11.6 Å². The number of hydrogen-bond acceptors (Lipinski definition) is 4. The second kappa shape index (κ2) is 6.02. The zero-order valence-electron chi connectivity index (χ0n) is 11.3. The number of sulfonamides is 1. The maximum absolute atomic E-state index is 12.4. The van der Waals surface area contributed by atoms with E-state index in [2.05, 4.69) is 5.32 Å².